The summed E-state index contributed by atoms with van der Waals surface area (Å²) < 4.78 is 34.0. The lowest BCUT2D eigenvalue weighted by Gasteiger charge is -2.14. The van der Waals surface area contributed by atoms with E-state index >= 15 is 0 Å². The van der Waals surface area contributed by atoms with E-state index in [2.05, 4.69) is 15.3 Å². The van der Waals surface area contributed by atoms with Crippen molar-refractivity contribution in [3.05, 3.63) is 118 Å². The van der Waals surface area contributed by atoms with Crippen LogP contribution in [-0.2, 0) is 17.9 Å². The second-order valence-electron chi connectivity index (χ2n) is 9.83. The van der Waals surface area contributed by atoms with Gasteiger partial charge in [-0.05, 0) is 71.3 Å². The quantitative estimate of drug-likeness (QED) is 0.277. The normalized spacial score (nSPS) is 11.0. The van der Waals surface area contributed by atoms with E-state index < -0.39 is 23.1 Å². The van der Waals surface area contributed by atoms with Crippen molar-refractivity contribution in [1.29, 1.82) is 0 Å². The summed E-state index contributed by atoms with van der Waals surface area (Å²) >= 11 is 0. The number of aromatic nitrogens is 3. The van der Waals surface area contributed by atoms with E-state index in [1.54, 1.807) is 32.4 Å². The van der Waals surface area contributed by atoms with Gasteiger partial charge in [0, 0.05) is 50.2 Å². The van der Waals surface area contributed by atoms with Gasteiger partial charge in [0.2, 0.25) is 0 Å². The third-order valence-electron chi connectivity index (χ3n) is 6.64. The summed E-state index contributed by atoms with van der Waals surface area (Å²) in [5.74, 6) is -2.39. The first kappa shape index (κ1) is 28.2. The Morgan fingerprint density at radius 3 is 2.64 bits per heavy atom. The smallest absolute Gasteiger partial charge is 0.263 e. The van der Waals surface area contributed by atoms with Crippen LogP contribution in [0.15, 0.2) is 84.0 Å². The molecule has 2 N–H and O–H groups in total. The zero-order valence-corrected chi connectivity index (χ0v) is 22.9. The SMILES string of the molecule is CN(C)C(=O)COc1cc(CNC(=O)c2cccn(Cc3ccc(F)c(F)c3)c2=O)cc(-c2c[nH]c3ncccc23)c1. The molecule has 0 aliphatic carbocycles. The number of aromatic amines is 1. The average Bonchev–Trinajstić information content (AvgIpc) is 3.42. The van der Waals surface area contributed by atoms with Gasteiger partial charge < -0.3 is 24.5 Å². The van der Waals surface area contributed by atoms with Crippen LogP contribution >= 0.6 is 0 Å². The Hall–Kier alpha value is -5.32. The lowest BCUT2D eigenvalue weighted by molar-refractivity contribution is -0.130. The number of H-pyrrole nitrogens is 1. The number of nitrogens with zero attached hydrogens (tertiary/aromatic N) is 3. The van der Waals surface area contributed by atoms with Crippen molar-refractivity contribution in [3.63, 3.8) is 0 Å². The summed E-state index contributed by atoms with van der Waals surface area (Å²) in [4.78, 5) is 47.1. The van der Waals surface area contributed by atoms with Crippen LogP contribution in [0.3, 0.4) is 0 Å². The summed E-state index contributed by atoms with van der Waals surface area (Å²) in [7, 11) is 3.27. The van der Waals surface area contributed by atoms with Gasteiger partial charge in [-0.1, -0.05) is 6.07 Å². The zero-order valence-electron chi connectivity index (χ0n) is 22.9. The number of halogens is 2. The van der Waals surface area contributed by atoms with Crippen molar-refractivity contribution >= 4 is 22.8 Å². The van der Waals surface area contributed by atoms with E-state index in [-0.39, 0.29) is 31.2 Å². The number of benzene rings is 2. The molecule has 2 amide bonds. The van der Waals surface area contributed by atoms with Gasteiger partial charge >= 0.3 is 0 Å². The minimum absolute atomic E-state index is 0.0367. The number of hydrogen-bond acceptors (Lipinski definition) is 5. The van der Waals surface area contributed by atoms with E-state index in [9.17, 15) is 23.2 Å². The second-order valence-corrected chi connectivity index (χ2v) is 9.83. The van der Waals surface area contributed by atoms with Gasteiger partial charge in [-0.15, -0.1) is 0 Å². The van der Waals surface area contributed by atoms with Crippen molar-refractivity contribution in [3.8, 4) is 16.9 Å². The fraction of sp³-hybridized carbons (Fsp3) is 0.161. The Morgan fingerprint density at radius 2 is 1.86 bits per heavy atom. The monoisotopic (exact) mass is 571 g/mol. The third kappa shape index (κ3) is 6.20. The number of rotatable bonds is 9. The molecule has 0 atom stereocenters. The van der Waals surface area contributed by atoms with E-state index in [1.165, 1.54) is 33.9 Å². The molecule has 9 nitrogen and oxygen atoms in total. The van der Waals surface area contributed by atoms with Crippen LogP contribution in [0, 0.1) is 11.6 Å². The summed E-state index contributed by atoms with van der Waals surface area (Å²) in [6.07, 6.45) is 4.98. The molecule has 0 aliphatic heterocycles. The van der Waals surface area contributed by atoms with E-state index in [0.29, 0.717) is 22.5 Å². The lowest BCUT2D eigenvalue weighted by atomic mass is 10.0. The first-order valence-electron chi connectivity index (χ1n) is 13.0. The van der Waals surface area contributed by atoms with Crippen LogP contribution in [0.25, 0.3) is 22.2 Å². The first-order chi connectivity index (χ1) is 20.2. The second kappa shape index (κ2) is 12.0. The third-order valence-corrected chi connectivity index (χ3v) is 6.64. The van der Waals surface area contributed by atoms with Crippen molar-refractivity contribution in [2.24, 2.45) is 0 Å². The Kier molecular flexibility index (Phi) is 8.09. The highest BCUT2D eigenvalue weighted by molar-refractivity contribution is 5.95. The molecule has 214 valence electrons. The van der Waals surface area contributed by atoms with E-state index in [0.717, 1.165) is 28.6 Å². The number of amides is 2. The molecule has 0 saturated heterocycles. The molecule has 0 unspecified atom stereocenters. The summed E-state index contributed by atoms with van der Waals surface area (Å²) in [5, 5.41) is 3.66. The Bertz CT molecular complexity index is 1850. The van der Waals surface area contributed by atoms with Crippen molar-refractivity contribution in [2.45, 2.75) is 13.1 Å². The maximum atomic E-state index is 13.6. The van der Waals surface area contributed by atoms with Gasteiger partial charge in [-0.25, -0.2) is 13.8 Å². The fourth-order valence-corrected chi connectivity index (χ4v) is 4.42. The molecule has 42 heavy (non-hydrogen) atoms. The molecule has 0 fully saturated rings. The molecular formula is C31H27F2N5O4. The van der Waals surface area contributed by atoms with Crippen molar-refractivity contribution in [1.82, 2.24) is 24.8 Å². The molecule has 0 bridgehead atoms. The minimum Gasteiger partial charge on any atom is -0.484 e. The van der Waals surface area contributed by atoms with E-state index in [1.807, 2.05) is 24.4 Å². The maximum Gasteiger partial charge on any atom is 0.263 e. The fourth-order valence-electron chi connectivity index (χ4n) is 4.42. The zero-order chi connectivity index (χ0) is 29.8. The molecule has 3 aromatic heterocycles. The number of ether oxygens (including phenoxy) is 1. The summed E-state index contributed by atoms with van der Waals surface area (Å²) in [5.41, 5.74) is 2.71. The van der Waals surface area contributed by atoms with Crippen LogP contribution in [-0.4, -0.2) is 52.0 Å². The van der Waals surface area contributed by atoms with Crippen molar-refractivity contribution < 1.29 is 23.1 Å². The van der Waals surface area contributed by atoms with E-state index in [4.69, 9.17) is 4.74 Å². The molecule has 0 spiro atoms. The highest BCUT2D eigenvalue weighted by Gasteiger charge is 2.15. The number of pyridine rings is 2. The molecule has 0 saturated carbocycles. The van der Waals surface area contributed by atoms with Crippen molar-refractivity contribution in [2.75, 3.05) is 20.7 Å². The number of carbonyl (C=O) groups excluding carboxylic acids is 2. The molecule has 2 aromatic carbocycles. The average molecular weight is 572 g/mol. The Morgan fingerprint density at radius 1 is 1.02 bits per heavy atom. The Balaban J connectivity index is 1.38. The highest BCUT2D eigenvalue weighted by Crippen LogP contribution is 2.31. The first-order valence-corrected chi connectivity index (χ1v) is 13.0. The number of fused-ring (bicyclic) bond motifs is 1. The molecule has 0 radical (unpaired) electrons. The standard InChI is InChI=1S/C31H27F2N5O4/c1-37(2)28(39)18-42-22-12-20(11-21(14-22)25-16-35-29-23(25)5-3-9-34-29)15-36-30(40)24-6-4-10-38(31(24)41)17-19-7-8-26(32)27(33)13-19/h3-14,16H,15,17-18H2,1-2H3,(H,34,35)(H,36,40). The van der Waals surface area contributed by atoms with Crippen LogP contribution < -0.4 is 15.6 Å². The summed E-state index contributed by atoms with van der Waals surface area (Å²) in [6.45, 7) is -0.146. The molecule has 5 rings (SSSR count). The number of nitrogens with one attached hydrogen (secondary N) is 2. The minimum atomic E-state index is -1.02. The largest absolute Gasteiger partial charge is 0.484 e. The lowest BCUT2D eigenvalue weighted by Crippen LogP contribution is -2.32. The molecule has 0 aliphatic rings. The number of hydrogen-bond donors (Lipinski definition) is 2. The van der Waals surface area contributed by atoms with Gasteiger partial charge in [0.1, 0.15) is 17.0 Å². The van der Waals surface area contributed by atoms with Gasteiger partial charge in [-0.3, -0.25) is 14.4 Å². The highest BCUT2D eigenvalue weighted by atomic mass is 19.2. The topological polar surface area (TPSA) is 109 Å². The maximum absolute atomic E-state index is 13.6. The summed E-state index contributed by atoms with van der Waals surface area (Å²) in [6, 6.07) is 15.5. The van der Waals surface area contributed by atoms with Gasteiger partial charge in [-0.2, -0.15) is 0 Å². The van der Waals surface area contributed by atoms with Gasteiger partial charge in [0.05, 0.1) is 6.54 Å². The molecular weight excluding hydrogens is 544 g/mol. The number of likely N-dealkylation sites (N-methyl/N-ethyl adjacent to an activating group) is 1. The number of carbonyl (C=O) groups is 2. The predicted molar refractivity (Wildman–Crippen MR) is 153 cm³/mol. The van der Waals surface area contributed by atoms with Crippen LogP contribution in [0.5, 0.6) is 5.75 Å². The van der Waals surface area contributed by atoms with Crippen LogP contribution in [0.1, 0.15) is 21.5 Å². The molecule has 11 heteroatoms. The van der Waals surface area contributed by atoms with Gasteiger partial charge in [0.25, 0.3) is 17.4 Å². The molecule has 5 aromatic rings. The predicted octanol–water partition coefficient (Wildman–Crippen LogP) is 4.12. The van der Waals surface area contributed by atoms with Crippen LogP contribution in [0.2, 0.25) is 0 Å². The molecule has 3 heterocycles. The Labute approximate surface area is 239 Å². The van der Waals surface area contributed by atoms with Crippen LogP contribution in [0.4, 0.5) is 8.78 Å². The van der Waals surface area contributed by atoms with Gasteiger partial charge in [0.15, 0.2) is 18.2 Å².